The second kappa shape index (κ2) is 11.9. The molecular formula is C43H33N5. The van der Waals surface area contributed by atoms with Crippen LogP contribution in [0.4, 0.5) is 0 Å². The Morgan fingerprint density at radius 3 is 1.19 bits per heavy atom. The molecule has 0 spiro atoms. The molecule has 0 unspecified atom stereocenters. The zero-order valence-electron chi connectivity index (χ0n) is 26.5. The first-order chi connectivity index (χ1) is 23.8. The van der Waals surface area contributed by atoms with Crippen LogP contribution in [-0.2, 0) is 25.7 Å². The van der Waals surface area contributed by atoms with Gasteiger partial charge in [-0.05, 0) is 59.7 Å². The van der Waals surface area contributed by atoms with Crippen molar-refractivity contribution < 1.29 is 0 Å². The van der Waals surface area contributed by atoms with E-state index in [0.29, 0.717) is 0 Å². The summed E-state index contributed by atoms with van der Waals surface area (Å²) in [4.78, 5) is 15.2. The van der Waals surface area contributed by atoms with Crippen molar-refractivity contribution in [2.24, 2.45) is 0 Å². The fourth-order valence-electron chi connectivity index (χ4n) is 6.98. The molecule has 0 bridgehead atoms. The highest BCUT2D eigenvalue weighted by Gasteiger charge is 2.14. The average molecular weight is 620 g/mol. The van der Waals surface area contributed by atoms with E-state index in [9.17, 15) is 0 Å². The van der Waals surface area contributed by atoms with Crippen LogP contribution in [0.1, 0.15) is 22.8 Å². The Morgan fingerprint density at radius 2 is 0.729 bits per heavy atom. The molecule has 9 aromatic rings. The van der Waals surface area contributed by atoms with Gasteiger partial charge in [-0.25, -0.2) is 9.97 Å². The van der Waals surface area contributed by atoms with Gasteiger partial charge in [0.1, 0.15) is 11.3 Å². The molecule has 9 rings (SSSR count). The van der Waals surface area contributed by atoms with Crippen LogP contribution in [0, 0.1) is 0 Å². The fraction of sp³-hybridized carbons (Fsp3) is 0.0930. The largest absolute Gasteiger partial charge is 0.306 e. The minimum absolute atomic E-state index is 0.830. The number of benzene rings is 4. The topological polar surface area (TPSA) is 47.5 Å². The average Bonchev–Trinajstić information content (AvgIpc) is 3.77. The van der Waals surface area contributed by atoms with Crippen LogP contribution < -0.4 is 0 Å². The number of hydrogen-bond acceptors (Lipinski definition) is 3. The van der Waals surface area contributed by atoms with Crippen molar-refractivity contribution >= 4 is 32.8 Å². The second-order valence-electron chi connectivity index (χ2n) is 12.5. The molecule has 0 radical (unpaired) electrons. The third kappa shape index (κ3) is 5.19. The van der Waals surface area contributed by atoms with E-state index in [2.05, 4.69) is 161 Å². The van der Waals surface area contributed by atoms with Gasteiger partial charge in [0.25, 0.3) is 0 Å². The van der Waals surface area contributed by atoms with Gasteiger partial charge >= 0.3 is 0 Å². The number of fused-ring (bicyclic) bond motifs is 6. The van der Waals surface area contributed by atoms with Gasteiger partial charge in [-0.2, -0.15) is 0 Å². The van der Waals surface area contributed by atoms with Crippen LogP contribution in [0.15, 0.2) is 152 Å². The summed E-state index contributed by atoms with van der Waals surface area (Å²) in [5, 5.41) is 4.78. The zero-order chi connectivity index (χ0) is 31.9. The third-order valence-electron chi connectivity index (χ3n) is 9.33. The van der Waals surface area contributed by atoms with Gasteiger partial charge in [0.05, 0.1) is 11.4 Å². The molecule has 4 aromatic carbocycles. The van der Waals surface area contributed by atoms with Crippen LogP contribution in [0.3, 0.4) is 0 Å². The molecule has 0 atom stereocenters. The highest BCUT2D eigenvalue weighted by Crippen LogP contribution is 2.32. The SMILES string of the molecule is c1ccc(-c2cn3cc(CCc4cccc(CCc5cn6cc(-c7ccccc7)c7ccccc7c6n5)n4)nc3c3ccccc23)cc1. The smallest absolute Gasteiger partial charge is 0.144 e. The molecule has 0 saturated carbocycles. The number of pyridine rings is 3. The molecule has 0 N–H and O–H groups in total. The lowest BCUT2D eigenvalue weighted by atomic mass is 10.0. The van der Waals surface area contributed by atoms with Crippen molar-refractivity contribution in [1.82, 2.24) is 23.8 Å². The summed E-state index contributed by atoms with van der Waals surface area (Å²) < 4.78 is 4.37. The van der Waals surface area contributed by atoms with E-state index in [4.69, 9.17) is 15.0 Å². The lowest BCUT2D eigenvalue weighted by molar-refractivity contribution is 0.839. The van der Waals surface area contributed by atoms with Crippen LogP contribution in [0.2, 0.25) is 0 Å². The highest BCUT2D eigenvalue weighted by molar-refractivity contribution is 6.04. The van der Waals surface area contributed by atoms with Crippen LogP contribution in [0.5, 0.6) is 0 Å². The molecule has 48 heavy (non-hydrogen) atoms. The van der Waals surface area contributed by atoms with Gasteiger partial charge in [0.15, 0.2) is 0 Å². The van der Waals surface area contributed by atoms with Gasteiger partial charge in [-0.3, -0.25) is 4.98 Å². The summed E-state index contributed by atoms with van der Waals surface area (Å²) in [5.41, 5.74) is 11.2. The van der Waals surface area contributed by atoms with Crippen molar-refractivity contribution in [2.75, 3.05) is 0 Å². The fourth-order valence-corrected chi connectivity index (χ4v) is 6.98. The van der Waals surface area contributed by atoms with Gasteiger partial charge < -0.3 is 8.80 Å². The molecule has 0 amide bonds. The molecule has 0 aliphatic heterocycles. The first-order valence-corrected chi connectivity index (χ1v) is 16.6. The predicted molar refractivity (Wildman–Crippen MR) is 195 cm³/mol. The highest BCUT2D eigenvalue weighted by atomic mass is 15.0. The number of aromatic nitrogens is 5. The van der Waals surface area contributed by atoms with Crippen molar-refractivity contribution in [3.63, 3.8) is 0 Å². The lowest BCUT2D eigenvalue weighted by Gasteiger charge is -2.08. The Bertz CT molecular complexity index is 2390. The normalized spacial score (nSPS) is 11.7. The van der Waals surface area contributed by atoms with E-state index in [-0.39, 0.29) is 0 Å². The Balaban J connectivity index is 0.941. The Labute approximate surface area is 278 Å². The van der Waals surface area contributed by atoms with Gasteiger partial charge in [0.2, 0.25) is 0 Å². The maximum Gasteiger partial charge on any atom is 0.144 e. The summed E-state index contributed by atoms with van der Waals surface area (Å²) in [6.07, 6.45) is 12.1. The summed E-state index contributed by atoms with van der Waals surface area (Å²) in [6, 6.07) is 44.7. The van der Waals surface area contributed by atoms with E-state index in [0.717, 1.165) is 59.8 Å². The maximum atomic E-state index is 5.08. The van der Waals surface area contributed by atoms with E-state index in [1.807, 2.05) is 0 Å². The minimum atomic E-state index is 0.830. The first-order valence-electron chi connectivity index (χ1n) is 16.6. The quantitative estimate of drug-likeness (QED) is 0.170. The molecule has 5 heterocycles. The van der Waals surface area contributed by atoms with Gasteiger partial charge in [0, 0.05) is 58.1 Å². The molecule has 0 aliphatic carbocycles. The Morgan fingerprint density at radius 1 is 0.333 bits per heavy atom. The third-order valence-corrected chi connectivity index (χ3v) is 9.33. The molecule has 0 aliphatic rings. The molecule has 0 fully saturated rings. The van der Waals surface area contributed by atoms with Crippen LogP contribution in [-0.4, -0.2) is 23.8 Å². The van der Waals surface area contributed by atoms with Crippen molar-refractivity contribution in [3.8, 4) is 22.3 Å². The summed E-state index contributed by atoms with van der Waals surface area (Å²) in [5.74, 6) is 0. The monoisotopic (exact) mass is 619 g/mol. The number of nitrogens with zero attached hydrogens (tertiary/aromatic N) is 5. The predicted octanol–water partition coefficient (Wildman–Crippen LogP) is 9.59. The lowest BCUT2D eigenvalue weighted by Crippen LogP contribution is -2.00. The van der Waals surface area contributed by atoms with E-state index >= 15 is 0 Å². The Hall–Kier alpha value is -6.07. The Kier molecular flexibility index (Phi) is 7.01. The molecule has 5 heteroatoms. The molecule has 230 valence electrons. The molecule has 0 saturated heterocycles. The van der Waals surface area contributed by atoms with Crippen molar-refractivity contribution in [2.45, 2.75) is 25.7 Å². The number of aryl methyl sites for hydroxylation is 4. The number of rotatable bonds is 8. The van der Waals surface area contributed by atoms with Crippen molar-refractivity contribution in [3.05, 3.63) is 175 Å². The first kappa shape index (κ1) is 28.2. The van der Waals surface area contributed by atoms with Crippen LogP contribution in [0.25, 0.3) is 55.1 Å². The van der Waals surface area contributed by atoms with E-state index < -0.39 is 0 Å². The van der Waals surface area contributed by atoms with Crippen molar-refractivity contribution in [1.29, 1.82) is 0 Å². The zero-order valence-corrected chi connectivity index (χ0v) is 26.5. The molecule has 5 aromatic heterocycles. The maximum absolute atomic E-state index is 5.08. The minimum Gasteiger partial charge on any atom is -0.306 e. The number of imidazole rings is 2. The standard InChI is InChI=1S/C43H33N5/c1-3-12-30(13-4-1)40-28-47-26-34(45-42(47)38-20-9-7-18-36(38)40)24-22-32-16-11-17-33(44-32)23-25-35-27-48-29-41(31-14-5-2-6-15-31)37-19-8-10-21-39(37)43(48)46-35/h1-21,26-29H,22-25H2. The van der Waals surface area contributed by atoms with Gasteiger partial charge in [-0.1, -0.05) is 115 Å². The van der Waals surface area contributed by atoms with E-state index in [1.165, 1.54) is 43.8 Å². The van der Waals surface area contributed by atoms with Gasteiger partial charge in [-0.15, -0.1) is 0 Å². The number of hydrogen-bond donors (Lipinski definition) is 0. The summed E-state index contributed by atoms with van der Waals surface area (Å²) in [6.45, 7) is 0. The summed E-state index contributed by atoms with van der Waals surface area (Å²) >= 11 is 0. The molecular weight excluding hydrogens is 587 g/mol. The second-order valence-corrected chi connectivity index (χ2v) is 12.5. The summed E-state index contributed by atoms with van der Waals surface area (Å²) in [7, 11) is 0. The van der Waals surface area contributed by atoms with Crippen LogP contribution >= 0.6 is 0 Å². The van der Waals surface area contributed by atoms with E-state index in [1.54, 1.807) is 0 Å². The molecule has 5 nitrogen and oxygen atoms in total.